The second-order valence-corrected chi connectivity index (χ2v) is 7.66. The van der Waals surface area contributed by atoms with E-state index in [1.807, 2.05) is 0 Å². The molecule has 1 aliphatic rings. The molecule has 3 unspecified atom stereocenters. The van der Waals surface area contributed by atoms with Crippen molar-refractivity contribution in [3.8, 4) is 0 Å². The number of esters is 6. The van der Waals surface area contributed by atoms with Crippen LogP contribution in [0.4, 0.5) is 0 Å². The summed E-state index contributed by atoms with van der Waals surface area (Å²) in [5.74, 6) is -5.41. The fourth-order valence-corrected chi connectivity index (χ4v) is 3.98. The lowest BCUT2D eigenvalue weighted by atomic mass is 9.71. The molecule has 34 heavy (non-hydrogen) atoms. The lowest BCUT2D eigenvalue weighted by Gasteiger charge is -2.53. The second-order valence-electron chi connectivity index (χ2n) is 7.66. The highest BCUT2D eigenvalue weighted by Gasteiger charge is 2.68. The number of hydrogen-bond donors (Lipinski definition) is 1. The molecule has 13 heteroatoms. The Labute approximate surface area is 195 Å². The molecule has 6 atom stereocenters. The summed E-state index contributed by atoms with van der Waals surface area (Å²) in [6, 6.07) is 0. The Hall–Kier alpha value is -3.22. The molecule has 192 valence electrons. The van der Waals surface area contributed by atoms with E-state index in [1.54, 1.807) is 0 Å². The highest BCUT2D eigenvalue weighted by molar-refractivity contribution is 5.71. The van der Waals surface area contributed by atoms with Gasteiger partial charge in [-0.1, -0.05) is 0 Å². The summed E-state index contributed by atoms with van der Waals surface area (Å²) in [6.07, 6.45) is -8.67. The number of aliphatic hydroxyl groups excluding tert-OH is 1. The fourth-order valence-electron chi connectivity index (χ4n) is 3.98. The zero-order chi connectivity index (χ0) is 26.2. The highest BCUT2D eigenvalue weighted by atomic mass is 16.7. The van der Waals surface area contributed by atoms with Gasteiger partial charge in [-0.3, -0.25) is 28.8 Å². The van der Waals surface area contributed by atoms with Crippen molar-refractivity contribution in [2.24, 2.45) is 0 Å². The van der Waals surface area contributed by atoms with E-state index in [1.165, 1.54) is 0 Å². The van der Waals surface area contributed by atoms with E-state index in [0.29, 0.717) is 0 Å². The van der Waals surface area contributed by atoms with Gasteiger partial charge in [-0.25, -0.2) is 0 Å². The van der Waals surface area contributed by atoms with Crippen LogP contribution in [0.25, 0.3) is 0 Å². The first-order valence-corrected chi connectivity index (χ1v) is 10.4. The molecule has 1 aliphatic carbocycles. The average molecular weight is 490 g/mol. The third-order valence-corrected chi connectivity index (χ3v) is 4.76. The first-order valence-electron chi connectivity index (χ1n) is 10.4. The molecule has 0 heterocycles. The summed E-state index contributed by atoms with van der Waals surface area (Å²) < 4.78 is 32.3. The van der Waals surface area contributed by atoms with Crippen LogP contribution in [0.2, 0.25) is 0 Å². The molecular weight excluding hydrogens is 460 g/mol. The maximum absolute atomic E-state index is 12.2. The van der Waals surface area contributed by atoms with Gasteiger partial charge in [-0.15, -0.1) is 0 Å². The van der Waals surface area contributed by atoms with Gasteiger partial charge in [0, 0.05) is 48.1 Å². The van der Waals surface area contributed by atoms with Crippen LogP contribution in [-0.2, 0) is 57.2 Å². The van der Waals surface area contributed by atoms with E-state index < -0.39 is 78.5 Å². The molecule has 0 aliphatic heterocycles. The summed E-state index contributed by atoms with van der Waals surface area (Å²) >= 11 is 0. The number of carbonyl (C=O) groups is 6. The van der Waals surface area contributed by atoms with Crippen LogP contribution in [0.15, 0.2) is 0 Å². The zero-order valence-corrected chi connectivity index (χ0v) is 19.9. The SMILES string of the molecule is CC(=O)OC1C(OC(C)=O)[C@](CCCO)(OC(C)=O)[C@@H](OC(C)=O)C(OC(C)=O)[C@H]1OC(C)=O. The Morgan fingerprint density at radius 3 is 1.24 bits per heavy atom. The lowest BCUT2D eigenvalue weighted by Crippen LogP contribution is -2.75. The van der Waals surface area contributed by atoms with Crippen LogP contribution >= 0.6 is 0 Å². The second kappa shape index (κ2) is 12.3. The lowest BCUT2D eigenvalue weighted by molar-refractivity contribution is -0.291. The van der Waals surface area contributed by atoms with E-state index in [2.05, 4.69) is 0 Å². The predicted molar refractivity (Wildman–Crippen MR) is 109 cm³/mol. The first kappa shape index (κ1) is 28.8. The number of aliphatic hydroxyl groups is 1. The topological polar surface area (TPSA) is 178 Å². The minimum atomic E-state index is -2.11. The summed E-state index contributed by atoms with van der Waals surface area (Å²) in [6.45, 7) is 5.72. The molecule has 0 radical (unpaired) electrons. The van der Waals surface area contributed by atoms with Crippen molar-refractivity contribution in [1.82, 2.24) is 0 Å². The quantitative estimate of drug-likeness (QED) is 0.330. The molecule has 1 rings (SSSR count). The average Bonchev–Trinajstić information content (AvgIpc) is 2.67. The van der Waals surface area contributed by atoms with Gasteiger partial charge in [0.2, 0.25) is 0 Å². The monoisotopic (exact) mass is 490 g/mol. The summed E-state index contributed by atoms with van der Waals surface area (Å²) in [5.41, 5.74) is -2.11. The van der Waals surface area contributed by atoms with Gasteiger partial charge >= 0.3 is 35.8 Å². The fraction of sp³-hybridized carbons (Fsp3) is 0.714. The van der Waals surface area contributed by atoms with E-state index in [4.69, 9.17) is 28.4 Å². The Bertz CT molecular complexity index is 760. The number of rotatable bonds is 9. The van der Waals surface area contributed by atoms with Crippen LogP contribution in [0.1, 0.15) is 54.4 Å². The molecule has 0 aromatic heterocycles. The van der Waals surface area contributed by atoms with Gasteiger partial charge in [0.1, 0.15) is 0 Å². The maximum Gasteiger partial charge on any atom is 0.303 e. The van der Waals surface area contributed by atoms with Crippen molar-refractivity contribution in [3.05, 3.63) is 0 Å². The normalized spacial score (nSPS) is 28.1. The van der Waals surface area contributed by atoms with Crippen LogP contribution in [-0.4, -0.2) is 83.7 Å². The maximum atomic E-state index is 12.2. The molecule has 1 saturated carbocycles. The zero-order valence-electron chi connectivity index (χ0n) is 19.9. The van der Waals surface area contributed by atoms with Gasteiger partial charge in [0.25, 0.3) is 0 Å². The molecular formula is C21H30O13. The standard InChI is InChI=1S/C21H30O13/c1-10(23)29-16-17(30-11(2)24)19(32-13(4)26)21(8-7-9-22,34-15(6)28)20(33-14(5)27)18(16)31-12(3)25/h16-20,22H,7-9H2,1-6H3/t16-,17?,18?,19+,20?,21-/m1/s1. The molecule has 0 amide bonds. The van der Waals surface area contributed by atoms with E-state index >= 15 is 0 Å². The highest BCUT2D eigenvalue weighted by Crippen LogP contribution is 2.44. The molecule has 0 spiro atoms. The molecule has 0 bridgehead atoms. The third kappa shape index (κ3) is 7.40. The van der Waals surface area contributed by atoms with Crippen LogP contribution < -0.4 is 0 Å². The van der Waals surface area contributed by atoms with Gasteiger partial charge < -0.3 is 33.5 Å². The van der Waals surface area contributed by atoms with Gasteiger partial charge in [-0.2, -0.15) is 0 Å². The van der Waals surface area contributed by atoms with E-state index in [-0.39, 0.29) is 12.8 Å². The summed E-state index contributed by atoms with van der Waals surface area (Å²) in [5, 5.41) is 9.48. The number of hydrogen-bond acceptors (Lipinski definition) is 13. The molecule has 1 N–H and O–H groups in total. The minimum Gasteiger partial charge on any atom is -0.454 e. The van der Waals surface area contributed by atoms with Crippen molar-refractivity contribution in [1.29, 1.82) is 0 Å². The van der Waals surface area contributed by atoms with Crippen molar-refractivity contribution in [3.63, 3.8) is 0 Å². The van der Waals surface area contributed by atoms with Crippen molar-refractivity contribution < 1.29 is 62.3 Å². The molecule has 0 aromatic rings. The summed E-state index contributed by atoms with van der Waals surface area (Å²) in [7, 11) is 0. The van der Waals surface area contributed by atoms with E-state index in [0.717, 1.165) is 41.5 Å². The Morgan fingerprint density at radius 2 is 0.941 bits per heavy atom. The first-order chi connectivity index (χ1) is 15.7. The Kier molecular flexibility index (Phi) is 10.4. The molecule has 0 saturated heterocycles. The smallest absolute Gasteiger partial charge is 0.303 e. The Balaban J connectivity index is 4.00. The van der Waals surface area contributed by atoms with Crippen LogP contribution in [0.3, 0.4) is 0 Å². The largest absolute Gasteiger partial charge is 0.454 e. The number of ether oxygens (including phenoxy) is 6. The van der Waals surface area contributed by atoms with Gasteiger partial charge in [-0.05, 0) is 12.8 Å². The van der Waals surface area contributed by atoms with Crippen LogP contribution in [0, 0.1) is 0 Å². The Morgan fingerprint density at radius 1 is 0.588 bits per heavy atom. The molecule has 13 nitrogen and oxygen atoms in total. The van der Waals surface area contributed by atoms with Gasteiger partial charge in [0.15, 0.2) is 36.1 Å². The predicted octanol–water partition coefficient (Wildman–Crippen LogP) is -0.267. The third-order valence-electron chi connectivity index (χ3n) is 4.76. The van der Waals surface area contributed by atoms with Gasteiger partial charge in [0.05, 0.1) is 0 Å². The van der Waals surface area contributed by atoms with Crippen molar-refractivity contribution in [2.75, 3.05) is 6.61 Å². The van der Waals surface area contributed by atoms with Crippen LogP contribution in [0.5, 0.6) is 0 Å². The summed E-state index contributed by atoms with van der Waals surface area (Å²) in [4.78, 5) is 72.1. The molecule has 0 aromatic carbocycles. The minimum absolute atomic E-state index is 0.0688. The van der Waals surface area contributed by atoms with Crippen molar-refractivity contribution >= 4 is 35.8 Å². The number of carbonyl (C=O) groups excluding carboxylic acids is 6. The van der Waals surface area contributed by atoms with E-state index in [9.17, 15) is 33.9 Å². The van der Waals surface area contributed by atoms with Crippen molar-refractivity contribution in [2.45, 2.75) is 90.5 Å². The molecule has 1 fully saturated rings.